The summed E-state index contributed by atoms with van der Waals surface area (Å²) in [5.74, 6) is 0. The summed E-state index contributed by atoms with van der Waals surface area (Å²) >= 11 is 0. The molecule has 16 rings (SSSR count). The monoisotopic (exact) mass is 1250 g/mol. The number of fused-ring (bicyclic) bond motifs is 3. The first-order valence-electron chi connectivity index (χ1n) is 32.9. The van der Waals surface area contributed by atoms with Gasteiger partial charge in [-0.25, -0.2) is 0 Å². The second-order valence-electron chi connectivity index (χ2n) is 23.8. The van der Waals surface area contributed by atoms with E-state index in [0.717, 1.165) is 130 Å². The minimum Gasteiger partial charge on any atom is -0.311 e. The molecule has 0 amide bonds. The van der Waals surface area contributed by atoms with E-state index < -0.39 is 0 Å². The highest BCUT2D eigenvalue weighted by Crippen LogP contribution is 2.47. The fourth-order valence-electron chi connectivity index (χ4n) is 13.4. The lowest BCUT2D eigenvalue weighted by Crippen LogP contribution is -2.13. The molecule has 0 atom stereocenters. The van der Waals surface area contributed by atoms with Gasteiger partial charge < -0.3 is 34.0 Å². The van der Waals surface area contributed by atoms with Crippen molar-refractivity contribution in [3.8, 4) is 5.69 Å². The smallest absolute Gasteiger partial charge is 0.0542 e. The number of hydrogen-bond donors (Lipinski definition) is 0. The lowest BCUT2D eigenvalue weighted by molar-refractivity contribution is 1.18. The summed E-state index contributed by atoms with van der Waals surface area (Å²) in [5.41, 5.74) is 22.2. The van der Waals surface area contributed by atoms with Crippen molar-refractivity contribution >= 4 is 124 Å². The van der Waals surface area contributed by atoms with Crippen LogP contribution in [-0.4, -0.2) is 4.57 Å². The highest BCUT2D eigenvalue weighted by Gasteiger charge is 2.24. The quantitative estimate of drug-likeness (QED) is 0.0800. The molecule has 0 radical (unpaired) electrons. The number of hydrogen-bond acceptors (Lipinski definition) is 6. The first-order valence-corrected chi connectivity index (χ1v) is 32.9. The molecule has 0 aliphatic carbocycles. The summed E-state index contributed by atoms with van der Waals surface area (Å²) < 4.78 is 2.41. The van der Waals surface area contributed by atoms with Crippen LogP contribution in [0.25, 0.3) is 27.5 Å². The van der Waals surface area contributed by atoms with Gasteiger partial charge in [0.05, 0.1) is 11.0 Å². The van der Waals surface area contributed by atoms with E-state index in [-0.39, 0.29) is 0 Å². The van der Waals surface area contributed by atoms with Crippen molar-refractivity contribution in [3.63, 3.8) is 0 Å². The highest BCUT2D eigenvalue weighted by atomic mass is 15.2. The van der Waals surface area contributed by atoms with Gasteiger partial charge in [-0.1, -0.05) is 164 Å². The Balaban J connectivity index is 0.866. The topological polar surface area (TPSA) is 24.4 Å². The van der Waals surface area contributed by atoms with E-state index in [0.29, 0.717) is 0 Å². The van der Waals surface area contributed by atoms with Crippen LogP contribution in [0.4, 0.5) is 102 Å². The number of nitrogens with zero attached hydrogens (tertiary/aromatic N) is 7. The van der Waals surface area contributed by atoms with Crippen molar-refractivity contribution < 1.29 is 0 Å². The van der Waals surface area contributed by atoms with Gasteiger partial charge in [0.25, 0.3) is 0 Å². The molecule has 462 valence electrons. The second-order valence-corrected chi connectivity index (χ2v) is 23.8. The average Bonchev–Trinajstić information content (AvgIpc) is 1.60. The van der Waals surface area contributed by atoms with Gasteiger partial charge in [0.15, 0.2) is 0 Å². The van der Waals surface area contributed by atoms with Crippen LogP contribution in [0.3, 0.4) is 0 Å². The van der Waals surface area contributed by atoms with Gasteiger partial charge in [-0.05, 0) is 243 Å². The molecule has 1 aromatic heterocycles. The summed E-state index contributed by atoms with van der Waals surface area (Å²) in [6.07, 6.45) is 0. The zero-order chi connectivity index (χ0) is 64.7. The fourth-order valence-corrected chi connectivity index (χ4v) is 13.4. The van der Waals surface area contributed by atoms with Gasteiger partial charge in [0.2, 0.25) is 0 Å². The predicted octanol–water partition coefficient (Wildman–Crippen LogP) is 25.6. The van der Waals surface area contributed by atoms with Crippen molar-refractivity contribution in [3.05, 3.63) is 406 Å². The zero-order valence-corrected chi connectivity index (χ0v) is 53.3. The van der Waals surface area contributed by atoms with Crippen molar-refractivity contribution in [2.24, 2.45) is 0 Å². The van der Waals surface area contributed by atoms with E-state index in [2.05, 4.69) is 440 Å². The summed E-state index contributed by atoms with van der Waals surface area (Å²) in [7, 11) is 0. The van der Waals surface area contributed by atoms with Crippen molar-refractivity contribution in [2.75, 3.05) is 29.4 Å². The van der Waals surface area contributed by atoms with Crippen molar-refractivity contribution in [1.29, 1.82) is 0 Å². The van der Waals surface area contributed by atoms with E-state index in [1.165, 1.54) is 0 Å². The molecule has 7 nitrogen and oxygen atoms in total. The average molecular weight is 1250 g/mol. The third-order valence-electron chi connectivity index (χ3n) is 17.8. The molecule has 0 fully saturated rings. The van der Waals surface area contributed by atoms with E-state index >= 15 is 0 Å². The molecule has 0 saturated carbocycles. The fraction of sp³-hybridized carbons (Fsp3) is 0. The summed E-state index contributed by atoms with van der Waals surface area (Å²) in [5, 5.41) is 2.23. The Morgan fingerprint density at radius 2 is 0.278 bits per heavy atom. The number of anilines is 18. The van der Waals surface area contributed by atoms with Gasteiger partial charge in [0.1, 0.15) is 0 Å². The molecule has 0 spiro atoms. The van der Waals surface area contributed by atoms with Crippen molar-refractivity contribution in [2.45, 2.75) is 0 Å². The highest BCUT2D eigenvalue weighted by molar-refractivity contribution is 6.12. The van der Waals surface area contributed by atoms with Crippen LogP contribution in [0.5, 0.6) is 0 Å². The molecule has 15 aromatic carbocycles. The molecule has 0 aliphatic rings. The Morgan fingerprint density at radius 1 is 0.134 bits per heavy atom. The van der Waals surface area contributed by atoms with E-state index in [9.17, 15) is 0 Å². The molecule has 0 bridgehead atoms. The Bertz CT molecular complexity index is 4500. The van der Waals surface area contributed by atoms with Crippen molar-refractivity contribution in [1.82, 2.24) is 4.57 Å². The lowest BCUT2D eigenvalue weighted by atomic mass is 10.1. The summed E-state index contributed by atoms with van der Waals surface area (Å²) in [6.45, 7) is 0. The second kappa shape index (κ2) is 26.9. The van der Waals surface area contributed by atoms with Gasteiger partial charge in [-0.2, -0.15) is 0 Å². The lowest BCUT2D eigenvalue weighted by Gasteiger charge is -2.29. The third kappa shape index (κ3) is 12.0. The molecule has 97 heavy (non-hydrogen) atoms. The Kier molecular flexibility index (Phi) is 16.3. The van der Waals surface area contributed by atoms with E-state index in [1.807, 2.05) is 0 Å². The minimum atomic E-state index is 1.02. The summed E-state index contributed by atoms with van der Waals surface area (Å²) in [6, 6.07) is 145. The number of benzene rings is 15. The van der Waals surface area contributed by atoms with E-state index in [1.54, 1.807) is 0 Å². The van der Waals surface area contributed by atoms with Crippen LogP contribution >= 0.6 is 0 Å². The summed E-state index contributed by atoms with van der Waals surface area (Å²) in [4.78, 5) is 14.0. The third-order valence-corrected chi connectivity index (χ3v) is 17.8. The van der Waals surface area contributed by atoms with Gasteiger partial charge in [-0.3, -0.25) is 0 Å². The largest absolute Gasteiger partial charge is 0.311 e. The zero-order valence-electron chi connectivity index (χ0n) is 53.3. The maximum Gasteiger partial charge on any atom is 0.0542 e. The van der Waals surface area contributed by atoms with Crippen LogP contribution in [0, 0.1) is 0 Å². The molecule has 0 aliphatic heterocycles. The van der Waals surface area contributed by atoms with Crippen LogP contribution < -0.4 is 29.4 Å². The molecular formula is C90H67N7. The van der Waals surface area contributed by atoms with Crippen LogP contribution in [0.1, 0.15) is 0 Å². The molecule has 0 saturated heterocycles. The SMILES string of the molecule is c1ccc(N(c2ccccc2)c2ccc(N(c3ccc(N(c4ccccc4)c4ccccc4)cc3)c3ccc4c(c3)c3cc(N(c5ccc(N(c6ccccc6)c6ccccc6)cc5)c5ccc(N(c6ccccc6)c6ccccc6)cc5)ccc3n4-c3ccccc3)cc2)cc1. The number of aromatic nitrogens is 1. The van der Waals surface area contributed by atoms with Gasteiger partial charge >= 0.3 is 0 Å². The first kappa shape index (κ1) is 58.9. The predicted molar refractivity (Wildman–Crippen MR) is 409 cm³/mol. The van der Waals surface area contributed by atoms with Crippen LogP contribution in [-0.2, 0) is 0 Å². The number of rotatable bonds is 19. The van der Waals surface area contributed by atoms with Gasteiger partial charge in [-0.15, -0.1) is 0 Å². The minimum absolute atomic E-state index is 1.02. The Labute approximate surface area is 567 Å². The molecule has 7 heteroatoms. The molecule has 1 heterocycles. The van der Waals surface area contributed by atoms with Crippen LogP contribution in [0.15, 0.2) is 406 Å². The molecular weight excluding hydrogens is 1180 g/mol. The first-order chi connectivity index (χ1) is 48.1. The normalized spacial score (nSPS) is 11.1. The maximum absolute atomic E-state index is 2.41. The molecule has 0 N–H and O–H groups in total. The molecule has 0 unspecified atom stereocenters. The Hall–Kier alpha value is -13.1. The Morgan fingerprint density at radius 3 is 0.464 bits per heavy atom. The molecule has 16 aromatic rings. The standard InChI is InChI=1S/C90H67N7/c1-10-28-68(29-11-1)91(69-30-12-2-13-31-69)77-46-54-81(55-47-77)95(82-56-48-78(49-57-82)92(70-32-14-3-15-33-70)71-34-16-4-17-35-71)85-62-64-89-87(66-85)88-67-86(63-65-90(88)97(89)76-44-26-9-27-45-76)96(83-58-50-79(51-59-83)93(72-36-18-5-19-37-72)73-38-20-6-21-39-73)84-60-52-80(53-61-84)94(74-40-22-7-23-41-74)75-42-24-8-25-43-75/h1-67H. The van der Waals surface area contributed by atoms with E-state index in [4.69, 9.17) is 0 Å². The maximum atomic E-state index is 2.41. The number of para-hydroxylation sites is 9. The van der Waals surface area contributed by atoms with Crippen LogP contribution in [0.2, 0.25) is 0 Å². The van der Waals surface area contributed by atoms with Gasteiger partial charge in [0, 0.05) is 119 Å².